The zero-order chi connectivity index (χ0) is 10.3. The Kier molecular flexibility index (Phi) is 1.62. The summed E-state index contributed by atoms with van der Waals surface area (Å²) >= 11 is 0. The Morgan fingerprint density at radius 1 is 1.00 bits per heavy atom. The molecule has 2 aromatic carbocycles. The van der Waals surface area contributed by atoms with Gasteiger partial charge in [-0.05, 0) is 11.5 Å². The normalized spacial score (nSPS) is 10.9. The van der Waals surface area contributed by atoms with Gasteiger partial charge in [-0.25, -0.2) is 0 Å². The fourth-order valence-electron chi connectivity index (χ4n) is 1.96. The number of aldehydes is 1. The average Bonchev–Trinajstić information content (AvgIpc) is 2.72. The van der Waals surface area contributed by atoms with Gasteiger partial charge in [-0.2, -0.15) is 0 Å². The molecule has 0 radical (unpaired) electrons. The van der Waals surface area contributed by atoms with Gasteiger partial charge in [0.05, 0.1) is 11.2 Å². The molecule has 1 heterocycles. The predicted octanol–water partition coefficient (Wildman–Crippen LogP) is 3.13. The van der Waals surface area contributed by atoms with Crippen LogP contribution in [0.2, 0.25) is 0 Å². The van der Waals surface area contributed by atoms with Crippen molar-refractivity contribution in [3.63, 3.8) is 0 Å². The highest BCUT2D eigenvalue weighted by atomic mass is 16.1. The molecule has 0 fully saturated rings. The lowest BCUT2D eigenvalue weighted by atomic mass is 10.1. The highest BCUT2D eigenvalue weighted by Crippen LogP contribution is 2.24. The number of rotatable bonds is 1. The van der Waals surface area contributed by atoms with Crippen molar-refractivity contribution in [3.8, 4) is 0 Å². The van der Waals surface area contributed by atoms with Crippen LogP contribution in [-0.4, -0.2) is 11.3 Å². The van der Waals surface area contributed by atoms with Crippen molar-refractivity contribution in [2.24, 2.45) is 0 Å². The topological polar surface area (TPSA) is 32.9 Å². The van der Waals surface area contributed by atoms with E-state index < -0.39 is 0 Å². The van der Waals surface area contributed by atoms with Gasteiger partial charge in [0, 0.05) is 10.8 Å². The van der Waals surface area contributed by atoms with E-state index in [1.807, 2.05) is 24.3 Å². The summed E-state index contributed by atoms with van der Waals surface area (Å²) in [7, 11) is 0. The number of benzene rings is 2. The molecule has 0 saturated carbocycles. The fraction of sp³-hybridized carbons (Fsp3) is 0. The van der Waals surface area contributed by atoms with Gasteiger partial charge in [-0.1, -0.05) is 36.4 Å². The SMILES string of the molecule is O=Cc1cc2ccc3ccccc3c2[nH]1. The van der Waals surface area contributed by atoms with Gasteiger partial charge in [0.15, 0.2) is 6.29 Å². The minimum absolute atomic E-state index is 0.626. The fourth-order valence-corrected chi connectivity index (χ4v) is 1.96. The molecule has 2 nitrogen and oxygen atoms in total. The lowest BCUT2D eigenvalue weighted by Crippen LogP contribution is -1.77. The molecule has 2 heteroatoms. The lowest BCUT2D eigenvalue weighted by molar-refractivity contribution is 0.112. The van der Waals surface area contributed by atoms with E-state index in [0.717, 1.165) is 22.6 Å². The number of carbonyl (C=O) groups excluding carboxylic acids is 1. The van der Waals surface area contributed by atoms with Crippen LogP contribution in [0.1, 0.15) is 10.5 Å². The molecule has 0 aliphatic heterocycles. The van der Waals surface area contributed by atoms with Gasteiger partial charge < -0.3 is 4.98 Å². The summed E-state index contributed by atoms with van der Waals surface area (Å²) < 4.78 is 0. The number of nitrogens with one attached hydrogen (secondary N) is 1. The second kappa shape index (κ2) is 2.95. The summed E-state index contributed by atoms with van der Waals surface area (Å²) in [5.41, 5.74) is 1.66. The van der Waals surface area contributed by atoms with Crippen LogP contribution >= 0.6 is 0 Å². The van der Waals surface area contributed by atoms with Gasteiger partial charge in [0.2, 0.25) is 0 Å². The highest BCUT2D eigenvalue weighted by Gasteiger charge is 2.03. The maximum absolute atomic E-state index is 10.7. The van der Waals surface area contributed by atoms with E-state index in [1.165, 1.54) is 5.39 Å². The summed E-state index contributed by atoms with van der Waals surface area (Å²) in [5, 5.41) is 3.42. The quantitative estimate of drug-likeness (QED) is 0.594. The van der Waals surface area contributed by atoms with Crippen LogP contribution in [0.15, 0.2) is 42.5 Å². The van der Waals surface area contributed by atoms with Crippen LogP contribution in [-0.2, 0) is 0 Å². The Morgan fingerprint density at radius 2 is 1.80 bits per heavy atom. The third-order valence-electron chi connectivity index (χ3n) is 2.67. The van der Waals surface area contributed by atoms with Gasteiger partial charge in [-0.3, -0.25) is 4.79 Å². The molecule has 15 heavy (non-hydrogen) atoms. The van der Waals surface area contributed by atoms with Gasteiger partial charge in [-0.15, -0.1) is 0 Å². The summed E-state index contributed by atoms with van der Waals surface area (Å²) in [6.45, 7) is 0. The summed E-state index contributed by atoms with van der Waals surface area (Å²) in [4.78, 5) is 13.8. The second-order valence-electron chi connectivity index (χ2n) is 3.59. The van der Waals surface area contributed by atoms with Crippen molar-refractivity contribution in [2.75, 3.05) is 0 Å². The Morgan fingerprint density at radius 3 is 2.67 bits per heavy atom. The highest BCUT2D eigenvalue weighted by molar-refractivity contribution is 6.07. The number of aromatic amines is 1. The first-order valence-corrected chi connectivity index (χ1v) is 4.84. The Bertz CT molecular complexity index is 652. The van der Waals surface area contributed by atoms with Crippen molar-refractivity contribution >= 4 is 28.0 Å². The minimum Gasteiger partial charge on any atom is -0.352 e. The third-order valence-corrected chi connectivity index (χ3v) is 2.67. The standard InChI is InChI=1S/C13H9NO/c15-8-11-7-10-6-5-9-3-1-2-4-12(9)13(10)14-11/h1-8,14H. The molecular formula is C13H9NO. The van der Waals surface area contributed by atoms with E-state index in [4.69, 9.17) is 0 Å². The number of carbonyl (C=O) groups is 1. The smallest absolute Gasteiger partial charge is 0.166 e. The molecule has 72 valence electrons. The molecule has 0 spiro atoms. The van der Waals surface area contributed by atoms with E-state index in [0.29, 0.717) is 5.69 Å². The summed E-state index contributed by atoms with van der Waals surface area (Å²) in [5.74, 6) is 0. The van der Waals surface area contributed by atoms with Crippen LogP contribution in [0.5, 0.6) is 0 Å². The third kappa shape index (κ3) is 1.15. The Hall–Kier alpha value is -2.09. The Labute approximate surface area is 86.5 Å². The first-order valence-electron chi connectivity index (χ1n) is 4.84. The molecule has 0 amide bonds. The molecule has 0 aliphatic rings. The maximum Gasteiger partial charge on any atom is 0.166 e. The Balaban J connectivity index is 2.52. The van der Waals surface area contributed by atoms with Crippen LogP contribution < -0.4 is 0 Å². The number of H-pyrrole nitrogens is 1. The zero-order valence-electron chi connectivity index (χ0n) is 8.03. The minimum atomic E-state index is 0.626. The maximum atomic E-state index is 10.7. The van der Waals surface area contributed by atoms with E-state index in [9.17, 15) is 4.79 Å². The van der Waals surface area contributed by atoms with Gasteiger partial charge >= 0.3 is 0 Å². The van der Waals surface area contributed by atoms with E-state index in [2.05, 4.69) is 23.2 Å². The monoisotopic (exact) mass is 195 g/mol. The van der Waals surface area contributed by atoms with Gasteiger partial charge in [0.1, 0.15) is 0 Å². The van der Waals surface area contributed by atoms with Gasteiger partial charge in [0.25, 0.3) is 0 Å². The second-order valence-corrected chi connectivity index (χ2v) is 3.59. The number of fused-ring (bicyclic) bond motifs is 3. The van der Waals surface area contributed by atoms with Crippen LogP contribution in [0.25, 0.3) is 21.7 Å². The van der Waals surface area contributed by atoms with E-state index in [1.54, 1.807) is 0 Å². The van der Waals surface area contributed by atoms with E-state index >= 15 is 0 Å². The predicted molar refractivity (Wildman–Crippen MR) is 61.2 cm³/mol. The molecular weight excluding hydrogens is 186 g/mol. The largest absolute Gasteiger partial charge is 0.352 e. The van der Waals surface area contributed by atoms with Crippen molar-refractivity contribution in [3.05, 3.63) is 48.2 Å². The van der Waals surface area contributed by atoms with E-state index in [-0.39, 0.29) is 0 Å². The summed E-state index contributed by atoms with van der Waals surface area (Å²) in [6.07, 6.45) is 0.842. The van der Waals surface area contributed by atoms with Crippen LogP contribution in [0, 0.1) is 0 Å². The lowest BCUT2D eigenvalue weighted by Gasteiger charge is -1.97. The molecule has 0 unspecified atom stereocenters. The number of hydrogen-bond donors (Lipinski definition) is 1. The van der Waals surface area contributed by atoms with Crippen molar-refractivity contribution in [1.82, 2.24) is 4.98 Å². The first-order chi connectivity index (χ1) is 7.38. The molecule has 1 aromatic heterocycles. The molecule has 0 saturated heterocycles. The average molecular weight is 195 g/mol. The molecule has 0 aliphatic carbocycles. The zero-order valence-corrected chi connectivity index (χ0v) is 8.03. The van der Waals surface area contributed by atoms with Crippen molar-refractivity contribution in [2.45, 2.75) is 0 Å². The van der Waals surface area contributed by atoms with Crippen LogP contribution in [0.3, 0.4) is 0 Å². The summed E-state index contributed by atoms with van der Waals surface area (Å²) in [6, 6.07) is 14.1. The van der Waals surface area contributed by atoms with Crippen molar-refractivity contribution in [1.29, 1.82) is 0 Å². The molecule has 1 N–H and O–H groups in total. The first kappa shape index (κ1) is 8.24. The molecule has 0 bridgehead atoms. The van der Waals surface area contributed by atoms with Crippen molar-refractivity contribution < 1.29 is 4.79 Å². The molecule has 3 aromatic rings. The molecule has 3 rings (SSSR count). The van der Waals surface area contributed by atoms with Crippen LogP contribution in [0.4, 0.5) is 0 Å². The number of hydrogen-bond acceptors (Lipinski definition) is 1. The number of aromatic nitrogens is 1. The molecule has 0 atom stereocenters.